The van der Waals surface area contributed by atoms with Crippen LogP contribution in [0.15, 0.2) is 6.07 Å². The van der Waals surface area contributed by atoms with Gasteiger partial charge < -0.3 is 15.0 Å². The van der Waals surface area contributed by atoms with Gasteiger partial charge in [-0.05, 0) is 44.2 Å². The maximum atomic E-state index is 12.9. The summed E-state index contributed by atoms with van der Waals surface area (Å²) in [5, 5.41) is 3.25. The highest BCUT2D eigenvalue weighted by molar-refractivity contribution is 7.19. The lowest BCUT2D eigenvalue weighted by atomic mass is 10.1. The minimum atomic E-state index is -0.162. The molecule has 0 bridgehead atoms. The lowest BCUT2D eigenvalue weighted by Gasteiger charge is -2.23. The standard InChI is InChI=1S/C19H22N4O3S/c1-9-16(27-19(20-9)21-11(3)24)14-7-13-8-23(10(2)12-5-6-12)18(25)15(13)17(22-14)26-4/h7,10,12H,5-6,8H2,1-4H3,(H,20,21,24). The van der Waals surface area contributed by atoms with Crippen molar-refractivity contribution >= 4 is 28.3 Å². The van der Waals surface area contributed by atoms with Gasteiger partial charge >= 0.3 is 0 Å². The summed E-state index contributed by atoms with van der Waals surface area (Å²) in [5.74, 6) is 0.794. The average molecular weight is 386 g/mol. The minimum Gasteiger partial charge on any atom is -0.480 e. The largest absolute Gasteiger partial charge is 0.480 e. The number of nitrogens with one attached hydrogen (secondary N) is 1. The van der Waals surface area contributed by atoms with E-state index in [0.29, 0.717) is 34.7 Å². The lowest BCUT2D eigenvalue weighted by Crippen LogP contribution is -2.34. The van der Waals surface area contributed by atoms with Gasteiger partial charge in [0.1, 0.15) is 5.56 Å². The van der Waals surface area contributed by atoms with Crippen LogP contribution in [-0.2, 0) is 11.3 Å². The molecule has 8 heteroatoms. The van der Waals surface area contributed by atoms with Crippen LogP contribution in [0.3, 0.4) is 0 Å². The van der Waals surface area contributed by atoms with E-state index in [1.807, 2.05) is 17.9 Å². The van der Waals surface area contributed by atoms with E-state index in [9.17, 15) is 9.59 Å². The zero-order chi connectivity index (χ0) is 19.3. The number of carbonyl (C=O) groups excluding carboxylic acids is 2. The molecule has 1 unspecified atom stereocenters. The van der Waals surface area contributed by atoms with Crippen molar-refractivity contribution in [3.05, 3.63) is 22.9 Å². The van der Waals surface area contributed by atoms with Crippen molar-refractivity contribution in [1.29, 1.82) is 0 Å². The summed E-state index contributed by atoms with van der Waals surface area (Å²) in [4.78, 5) is 36.0. The molecule has 2 aromatic heterocycles. The number of hydrogen-bond acceptors (Lipinski definition) is 6. The molecule has 2 amide bonds. The first-order valence-corrected chi connectivity index (χ1v) is 9.85. The Morgan fingerprint density at radius 2 is 2.15 bits per heavy atom. The molecule has 1 aliphatic heterocycles. The molecule has 0 aromatic carbocycles. The van der Waals surface area contributed by atoms with E-state index in [1.165, 1.54) is 38.2 Å². The van der Waals surface area contributed by atoms with Crippen molar-refractivity contribution in [3.63, 3.8) is 0 Å². The third-order valence-electron chi connectivity index (χ3n) is 5.18. The molecule has 4 rings (SSSR count). The second-order valence-electron chi connectivity index (χ2n) is 7.18. The Balaban J connectivity index is 1.72. The molecule has 1 N–H and O–H groups in total. The zero-order valence-electron chi connectivity index (χ0n) is 15.8. The summed E-state index contributed by atoms with van der Waals surface area (Å²) in [6.45, 7) is 6.03. The summed E-state index contributed by atoms with van der Waals surface area (Å²) in [6.07, 6.45) is 2.38. The number of methoxy groups -OCH3 is 1. The van der Waals surface area contributed by atoms with E-state index in [0.717, 1.165) is 16.1 Å². The van der Waals surface area contributed by atoms with Crippen LogP contribution in [0.2, 0.25) is 0 Å². The van der Waals surface area contributed by atoms with Gasteiger partial charge in [-0.25, -0.2) is 9.97 Å². The van der Waals surface area contributed by atoms with Gasteiger partial charge in [0.25, 0.3) is 5.91 Å². The first-order valence-electron chi connectivity index (χ1n) is 9.03. The Bertz CT molecular complexity index is 935. The number of rotatable bonds is 5. The molecule has 27 heavy (non-hydrogen) atoms. The third kappa shape index (κ3) is 3.18. The smallest absolute Gasteiger partial charge is 0.260 e. The van der Waals surface area contributed by atoms with E-state index in [1.54, 1.807) is 0 Å². The zero-order valence-corrected chi connectivity index (χ0v) is 16.6. The molecule has 0 saturated heterocycles. The van der Waals surface area contributed by atoms with Gasteiger partial charge in [-0.2, -0.15) is 0 Å². The second kappa shape index (κ2) is 6.60. The molecule has 1 aliphatic carbocycles. The van der Waals surface area contributed by atoms with Crippen LogP contribution >= 0.6 is 11.3 Å². The van der Waals surface area contributed by atoms with Crippen molar-refractivity contribution in [3.8, 4) is 16.5 Å². The number of nitrogens with zero attached hydrogens (tertiary/aromatic N) is 3. The number of hydrogen-bond donors (Lipinski definition) is 1. The van der Waals surface area contributed by atoms with Crippen LogP contribution in [0.5, 0.6) is 5.88 Å². The summed E-state index contributed by atoms with van der Waals surface area (Å²) in [7, 11) is 1.54. The van der Waals surface area contributed by atoms with Crippen molar-refractivity contribution < 1.29 is 14.3 Å². The van der Waals surface area contributed by atoms with Gasteiger partial charge in [-0.15, -0.1) is 0 Å². The number of aromatic nitrogens is 2. The third-order valence-corrected chi connectivity index (χ3v) is 6.28. The van der Waals surface area contributed by atoms with Gasteiger partial charge in [-0.1, -0.05) is 11.3 Å². The predicted molar refractivity (Wildman–Crippen MR) is 103 cm³/mol. The molecule has 0 spiro atoms. The van der Waals surface area contributed by atoms with E-state index in [4.69, 9.17) is 4.74 Å². The molecule has 1 fully saturated rings. The van der Waals surface area contributed by atoms with Crippen LogP contribution in [0.4, 0.5) is 5.13 Å². The minimum absolute atomic E-state index is 0.000243. The molecule has 142 valence electrons. The highest BCUT2D eigenvalue weighted by atomic mass is 32.1. The van der Waals surface area contributed by atoms with Crippen LogP contribution < -0.4 is 10.1 Å². The lowest BCUT2D eigenvalue weighted by molar-refractivity contribution is -0.114. The molecule has 3 heterocycles. The van der Waals surface area contributed by atoms with E-state index >= 15 is 0 Å². The van der Waals surface area contributed by atoms with Crippen molar-refractivity contribution in [2.45, 2.75) is 46.2 Å². The second-order valence-corrected chi connectivity index (χ2v) is 8.18. The molecule has 2 aromatic rings. The predicted octanol–water partition coefficient (Wildman–Crippen LogP) is 3.23. The molecular weight excluding hydrogens is 364 g/mol. The molecule has 7 nitrogen and oxygen atoms in total. The van der Waals surface area contributed by atoms with Crippen molar-refractivity contribution in [2.75, 3.05) is 12.4 Å². The molecule has 0 radical (unpaired) electrons. The molecule has 1 saturated carbocycles. The van der Waals surface area contributed by atoms with Gasteiger partial charge in [0, 0.05) is 19.5 Å². The summed E-state index contributed by atoms with van der Waals surface area (Å²) < 4.78 is 5.46. The Morgan fingerprint density at radius 1 is 1.41 bits per heavy atom. The Labute approximate surface area is 161 Å². The Kier molecular flexibility index (Phi) is 4.38. The van der Waals surface area contributed by atoms with Crippen LogP contribution in [-0.4, -0.2) is 39.8 Å². The number of carbonyl (C=O) groups is 2. The molecule has 1 atom stereocenters. The maximum absolute atomic E-state index is 12.9. The van der Waals surface area contributed by atoms with E-state index in [-0.39, 0.29) is 17.9 Å². The first-order chi connectivity index (χ1) is 12.9. The number of aryl methyl sites for hydroxylation is 1. The number of ether oxygens (including phenoxy) is 1. The number of fused-ring (bicyclic) bond motifs is 1. The van der Waals surface area contributed by atoms with E-state index in [2.05, 4.69) is 22.2 Å². The van der Waals surface area contributed by atoms with Crippen molar-refractivity contribution in [2.24, 2.45) is 5.92 Å². The fourth-order valence-electron chi connectivity index (χ4n) is 3.59. The van der Waals surface area contributed by atoms with Gasteiger partial charge in [0.15, 0.2) is 5.13 Å². The molecular formula is C19H22N4O3S. The van der Waals surface area contributed by atoms with Crippen LogP contribution in [0.1, 0.15) is 48.3 Å². The van der Waals surface area contributed by atoms with Gasteiger partial charge in [0.05, 0.1) is 23.4 Å². The fraction of sp³-hybridized carbons (Fsp3) is 0.474. The number of thiazole rings is 1. The van der Waals surface area contributed by atoms with Crippen molar-refractivity contribution in [1.82, 2.24) is 14.9 Å². The highest BCUT2D eigenvalue weighted by Crippen LogP contribution is 2.41. The topological polar surface area (TPSA) is 84.4 Å². The quantitative estimate of drug-likeness (QED) is 0.853. The van der Waals surface area contributed by atoms with Gasteiger partial charge in [-0.3, -0.25) is 9.59 Å². The van der Waals surface area contributed by atoms with Crippen LogP contribution in [0.25, 0.3) is 10.6 Å². The maximum Gasteiger partial charge on any atom is 0.260 e. The summed E-state index contributed by atoms with van der Waals surface area (Å²) >= 11 is 1.37. The number of amides is 2. The van der Waals surface area contributed by atoms with Crippen LogP contribution in [0, 0.1) is 12.8 Å². The SMILES string of the molecule is COc1nc(-c2sc(NC(C)=O)nc2C)cc2c1C(=O)N(C(C)C1CC1)C2. The highest BCUT2D eigenvalue weighted by Gasteiger charge is 2.40. The Hall–Kier alpha value is -2.48. The Morgan fingerprint density at radius 3 is 2.78 bits per heavy atom. The number of pyridine rings is 1. The average Bonchev–Trinajstić information content (AvgIpc) is 3.33. The summed E-state index contributed by atoms with van der Waals surface area (Å²) in [5.41, 5.74) is 3.00. The molecule has 2 aliphatic rings. The fourth-order valence-corrected chi connectivity index (χ4v) is 4.56. The summed E-state index contributed by atoms with van der Waals surface area (Å²) in [6, 6.07) is 2.18. The van der Waals surface area contributed by atoms with Gasteiger partial charge in [0.2, 0.25) is 11.8 Å². The normalized spacial score (nSPS) is 17.0. The first kappa shape index (κ1) is 17.9. The van der Waals surface area contributed by atoms with E-state index < -0.39 is 0 Å². The monoisotopic (exact) mass is 386 g/mol. The number of anilines is 1.